The lowest BCUT2D eigenvalue weighted by Gasteiger charge is -2.07. The molecule has 2 heterocycles. The number of hydrogen-bond donors (Lipinski definition) is 2. The van der Waals surface area contributed by atoms with E-state index in [1.165, 1.54) is 35.9 Å². The number of carbonyl (C=O) groups is 2. The second-order valence-corrected chi connectivity index (χ2v) is 11.9. The number of rotatable bonds is 9. The highest BCUT2D eigenvalue weighted by Gasteiger charge is 2.16. The van der Waals surface area contributed by atoms with Crippen molar-refractivity contribution in [3.63, 3.8) is 0 Å². The first-order chi connectivity index (χ1) is 27.7. The number of halogens is 6. The van der Waals surface area contributed by atoms with E-state index in [0.29, 0.717) is 24.3 Å². The molecule has 0 radical (unpaired) electrons. The normalized spacial score (nSPS) is 10.2. The molecular weight excluding hydrogens is 750 g/mol. The second-order valence-electron chi connectivity index (χ2n) is 11.9. The monoisotopic (exact) mass is 787 g/mol. The van der Waals surface area contributed by atoms with Gasteiger partial charge in [-0.15, -0.1) is 12.8 Å². The van der Waals surface area contributed by atoms with E-state index in [0.717, 1.165) is 47.9 Å². The fourth-order valence-electron chi connectivity index (χ4n) is 4.97. The summed E-state index contributed by atoms with van der Waals surface area (Å²) < 4.78 is 86.1. The molecule has 13 heteroatoms. The molecule has 0 saturated heterocycles. The van der Waals surface area contributed by atoms with Crippen LogP contribution in [0.2, 0.25) is 0 Å². The number of nitrogens with zero attached hydrogens (tertiary/aromatic N) is 2. The van der Waals surface area contributed by atoms with Gasteiger partial charge in [0.15, 0.2) is 34.9 Å². The summed E-state index contributed by atoms with van der Waals surface area (Å²) >= 11 is 0. The quantitative estimate of drug-likeness (QED) is 0.0494. The largest absolute Gasteiger partial charge is 0.508 e. The van der Waals surface area contributed by atoms with E-state index in [-0.39, 0.29) is 11.4 Å². The topological polar surface area (TPSA) is 110 Å². The van der Waals surface area contributed by atoms with Crippen molar-refractivity contribution >= 4 is 11.9 Å². The molecular formula is C44H36F6N2O5. The molecule has 4 aromatic carbocycles. The summed E-state index contributed by atoms with van der Waals surface area (Å²) in [4.78, 5) is 30.7. The number of pyridine rings is 2. The maximum Gasteiger partial charge on any atom is 0.362 e. The minimum atomic E-state index is -1.62. The van der Waals surface area contributed by atoms with Crippen LogP contribution in [0.15, 0.2) is 109 Å². The number of carboxylic acid groups (broad SMARTS) is 1. The number of aromatic nitrogens is 2. The summed E-state index contributed by atoms with van der Waals surface area (Å²) in [6.07, 6.45) is 13.2. The van der Waals surface area contributed by atoms with Crippen LogP contribution >= 0.6 is 0 Å². The number of terminal acetylenes is 1. The zero-order valence-corrected chi connectivity index (χ0v) is 30.6. The molecule has 0 unspecified atom stereocenters. The lowest BCUT2D eigenvalue weighted by Crippen LogP contribution is -2.11. The lowest BCUT2D eigenvalue weighted by molar-refractivity contribution is 0.0688. The van der Waals surface area contributed by atoms with Crippen LogP contribution in [0.5, 0.6) is 11.5 Å². The van der Waals surface area contributed by atoms with Gasteiger partial charge in [0.25, 0.3) is 0 Å². The molecule has 6 aromatic rings. The number of carboxylic acids is 1. The van der Waals surface area contributed by atoms with Crippen molar-refractivity contribution < 1.29 is 52.3 Å². The van der Waals surface area contributed by atoms with Gasteiger partial charge in [-0.1, -0.05) is 87.4 Å². The third-order valence-electron chi connectivity index (χ3n) is 7.74. The molecule has 0 amide bonds. The van der Waals surface area contributed by atoms with Crippen LogP contribution < -0.4 is 4.74 Å². The molecule has 294 valence electrons. The van der Waals surface area contributed by atoms with Crippen LogP contribution in [-0.4, -0.2) is 32.1 Å². The Morgan fingerprint density at radius 1 is 0.632 bits per heavy atom. The molecule has 0 spiro atoms. The second kappa shape index (κ2) is 21.8. The maximum absolute atomic E-state index is 13.2. The number of carbonyl (C=O) groups excluding carboxylic acids is 1. The Morgan fingerprint density at radius 3 is 1.35 bits per heavy atom. The van der Waals surface area contributed by atoms with Gasteiger partial charge < -0.3 is 14.9 Å². The highest BCUT2D eigenvalue weighted by atomic mass is 19.2. The minimum Gasteiger partial charge on any atom is -0.508 e. The van der Waals surface area contributed by atoms with Gasteiger partial charge in [-0.05, 0) is 47.2 Å². The molecule has 0 fully saturated rings. The van der Waals surface area contributed by atoms with Crippen LogP contribution in [0.4, 0.5) is 26.3 Å². The number of esters is 1. The van der Waals surface area contributed by atoms with Gasteiger partial charge in [0.2, 0.25) is 0 Å². The van der Waals surface area contributed by atoms with Crippen LogP contribution in [0.3, 0.4) is 0 Å². The number of aryl methyl sites for hydroxylation is 2. The van der Waals surface area contributed by atoms with Crippen LogP contribution in [0.1, 0.15) is 60.2 Å². The maximum atomic E-state index is 13.2. The van der Waals surface area contributed by atoms with Gasteiger partial charge in [0.05, 0.1) is 0 Å². The Balaban J connectivity index is 0.000000248. The molecule has 0 atom stereocenters. The van der Waals surface area contributed by atoms with E-state index in [1.54, 1.807) is 18.3 Å². The van der Waals surface area contributed by atoms with Gasteiger partial charge in [0, 0.05) is 47.8 Å². The van der Waals surface area contributed by atoms with E-state index >= 15 is 0 Å². The van der Waals surface area contributed by atoms with E-state index < -0.39 is 58.3 Å². The van der Waals surface area contributed by atoms with Crippen molar-refractivity contribution in [1.82, 2.24) is 9.97 Å². The van der Waals surface area contributed by atoms with Gasteiger partial charge in [-0.25, -0.2) is 45.9 Å². The number of ether oxygens (including phenoxy) is 1. The van der Waals surface area contributed by atoms with Crippen molar-refractivity contribution in [2.75, 3.05) is 0 Å². The zero-order valence-electron chi connectivity index (χ0n) is 31.6. The Bertz CT molecular complexity index is 2270. The number of hydrogen-bond acceptors (Lipinski definition) is 6. The predicted octanol–water partition coefficient (Wildman–Crippen LogP) is 10.8. The highest BCUT2D eigenvalue weighted by Crippen LogP contribution is 2.23. The van der Waals surface area contributed by atoms with E-state index in [4.69, 9.17) is 16.3 Å². The zero-order chi connectivity index (χ0) is 42.8. The number of phenols is 1. The number of phenolic OH excluding ortho intramolecular Hbond substituents is 1. The van der Waals surface area contributed by atoms with E-state index in [2.05, 4.69) is 42.4 Å². The molecule has 0 aliphatic heterocycles. The third-order valence-corrected chi connectivity index (χ3v) is 7.74. The van der Waals surface area contributed by atoms with Crippen molar-refractivity contribution in [3.05, 3.63) is 167 Å². The number of benzene rings is 4. The number of aromatic carboxylic acids is 1. The van der Waals surface area contributed by atoms with Crippen molar-refractivity contribution in [2.24, 2.45) is 0 Å². The summed E-state index contributed by atoms with van der Waals surface area (Å²) in [5.74, 6) is -11.8. The molecule has 0 aliphatic rings. The molecule has 0 bridgehead atoms. The van der Waals surface area contributed by atoms with Crippen LogP contribution in [0, 0.1) is 47.7 Å². The van der Waals surface area contributed by atoms with Crippen molar-refractivity contribution in [2.45, 2.75) is 39.5 Å². The SMILES string of the molecule is CCCc1ccc(-c2ccc(C(=O)O)nc2)cc1.CCCc1ccc(-c2ccc(C(=O)Oc3cc(F)c(F)c(F)c3)nc2)cc1.Oc1cc(F)c(F)c(F)c1.[2H]C#C. The first-order valence-corrected chi connectivity index (χ1v) is 17.1. The Hall–Kier alpha value is -6.94. The summed E-state index contributed by atoms with van der Waals surface area (Å²) in [5, 5.41) is 17.3. The van der Waals surface area contributed by atoms with Crippen LogP contribution in [0.25, 0.3) is 22.3 Å². The number of aromatic hydroxyl groups is 1. The summed E-state index contributed by atoms with van der Waals surface area (Å²) in [6.45, 7) is 4.27. The average molecular weight is 788 g/mol. The fourth-order valence-corrected chi connectivity index (χ4v) is 4.97. The Labute approximate surface area is 326 Å². The first-order valence-electron chi connectivity index (χ1n) is 17.6. The molecule has 2 aromatic heterocycles. The molecule has 6 rings (SSSR count). The lowest BCUT2D eigenvalue weighted by atomic mass is 10.0. The van der Waals surface area contributed by atoms with Gasteiger partial charge >= 0.3 is 11.9 Å². The van der Waals surface area contributed by atoms with E-state index in [1.807, 2.05) is 36.4 Å². The fraction of sp³-hybridized carbons (Fsp3) is 0.136. The first kappa shape index (κ1) is 42.8. The Morgan fingerprint density at radius 2 is 1.00 bits per heavy atom. The minimum absolute atomic E-state index is 0.0357. The molecule has 0 aliphatic carbocycles. The third kappa shape index (κ3) is 13.1. The molecule has 0 saturated carbocycles. The van der Waals surface area contributed by atoms with Gasteiger partial charge in [-0.3, -0.25) is 0 Å². The van der Waals surface area contributed by atoms with Crippen molar-refractivity contribution in [1.29, 1.82) is 0 Å². The van der Waals surface area contributed by atoms with Gasteiger partial charge in [-0.2, -0.15) is 0 Å². The van der Waals surface area contributed by atoms with E-state index in [9.17, 15) is 35.9 Å². The smallest absolute Gasteiger partial charge is 0.362 e. The van der Waals surface area contributed by atoms with Crippen molar-refractivity contribution in [3.8, 4) is 46.6 Å². The predicted molar refractivity (Wildman–Crippen MR) is 203 cm³/mol. The molecule has 57 heavy (non-hydrogen) atoms. The standard InChI is InChI=1S/C21H16F3NO2.C15H15NO2.C6H3F3O.C2H2/c1-2-3-13-4-6-14(7-5-13)15-8-9-19(25-12-15)21(26)27-16-10-17(22)20(24)18(23)11-16;1-2-3-11-4-6-12(7-5-11)13-8-9-14(15(17)18)16-10-13;7-4-1-3(10)2-5(8)6(4)9;1-2/h4-12H,2-3H2,1H3;4-10H,2-3H2,1H3,(H,17,18);1-2,10H;1-2H/i;;;1D. The Kier molecular flexibility index (Phi) is 16.4. The molecule has 7 nitrogen and oxygen atoms in total. The summed E-state index contributed by atoms with van der Waals surface area (Å²) in [6, 6.07) is 25.0. The molecule has 2 N–H and O–H groups in total. The van der Waals surface area contributed by atoms with Crippen LogP contribution in [-0.2, 0) is 12.8 Å². The summed E-state index contributed by atoms with van der Waals surface area (Å²) in [5.41, 5.74) is 6.35. The average Bonchev–Trinajstić information content (AvgIpc) is 3.21. The summed E-state index contributed by atoms with van der Waals surface area (Å²) in [7, 11) is 0. The highest BCUT2D eigenvalue weighted by molar-refractivity contribution is 5.89. The van der Waals surface area contributed by atoms with Gasteiger partial charge in [0.1, 0.15) is 24.3 Å².